The number of Topliss-reactive ketones (excluding diaryl/α,β-unsaturated/α-hetero) is 1. The first-order valence-electron chi connectivity index (χ1n) is 7.53. The van der Waals surface area contributed by atoms with Crippen molar-refractivity contribution in [3.8, 4) is 5.75 Å². The Bertz CT molecular complexity index is 453. The molecule has 0 amide bonds. The Balaban J connectivity index is 2.12. The molecule has 0 aromatic heterocycles. The smallest absolute Gasteiger partial charge is 0.212 e. The molecule has 110 valence electrons. The quantitative estimate of drug-likeness (QED) is 0.590. The standard InChI is InChI=1S/C17H25O2S/c1-4-7-19-15-10-13(2)17(14(3)11-15)16(18)12-20-8-5-6-9-20/h10-11H,4-9,12H2,1-3H3/q+1. The Hall–Kier alpha value is -0.960. The van der Waals surface area contributed by atoms with Crippen molar-refractivity contribution in [1.29, 1.82) is 0 Å². The van der Waals surface area contributed by atoms with Crippen LogP contribution in [0.3, 0.4) is 0 Å². The normalized spacial score (nSPS) is 15.6. The zero-order valence-corrected chi connectivity index (χ0v) is 13.6. The highest BCUT2D eigenvalue weighted by atomic mass is 32.2. The highest BCUT2D eigenvalue weighted by Crippen LogP contribution is 2.24. The van der Waals surface area contributed by atoms with Gasteiger partial charge in [0.05, 0.1) is 6.61 Å². The van der Waals surface area contributed by atoms with E-state index in [0.29, 0.717) is 16.7 Å². The minimum Gasteiger partial charge on any atom is -0.494 e. The zero-order chi connectivity index (χ0) is 14.5. The average Bonchev–Trinajstić information content (AvgIpc) is 2.88. The molecule has 3 heteroatoms. The summed E-state index contributed by atoms with van der Waals surface area (Å²) in [6.45, 7) is 6.88. The summed E-state index contributed by atoms with van der Waals surface area (Å²) >= 11 is 0. The summed E-state index contributed by atoms with van der Waals surface area (Å²) < 4.78 is 5.68. The van der Waals surface area contributed by atoms with Crippen molar-refractivity contribution in [2.75, 3.05) is 23.9 Å². The van der Waals surface area contributed by atoms with E-state index in [0.717, 1.165) is 41.2 Å². The van der Waals surface area contributed by atoms with Gasteiger partial charge >= 0.3 is 0 Å². The first kappa shape index (κ1) is 15.4. The summed E-state index contributed by atoms with van der Waals surface area (Å²) in [7, 11) is 0.335. The fraction of sp³-hybridized carbons (Fsp3) is 0.588. The molecule has 0 saturated carbocycles. The van der Waals surface area contributed by atoms with Crippen LogP contribution in [0, 0.1) is 13.8 Å². The molecule has 1 aliphatic heterocycles. The van der Waals surface area contributed by atoms with E-state index in [1.807, 2.05) is 26.0 Å². The van der Waals surface area contributed by atoms with E-state index in [4.69, 9.17) is 4.74 Å². The lowest BCUT2D eigenvalue weighted by Crippen LogP contribution is -2.19. The van der Waals surface area contributed by atoms with Gasteiger partial charge in [0.25, 0.3) is 0 Å². The van der Waals surface area contributed by atoms with Crippen molar-refractivity contribution in [1.82, 2.24) is 0 Å². The maximum Gasteiger partial charge on any atom is 0.212 e. The summed E-state index contributed by atoms with van der Waals surface area (Å²) in [5, 5.41) is 0. The van der Waals surface area contributed by atoms with Gasteiger partial charge in [-0.05, 0) is 67.3 Å². The number of carbonyl (C=O) groups excluding carboxylic acids is 1. The van der Waals surface area contributed by atoms with E-state index in [1.54, 1.807) is 0 Å². The molecule has 1 fully saturated rings. The molecule has 1 aromatic carbocycles. The van der Waals surface area contributed by atoms with Gasteiger partial charge in [-0.1, -0.05) is 6.92 Å². The monoisotopic (exact) mass is 293 g/mol. The van der Waals surface area contributed by atoms with E-state index < -0.39 is 0 Å². The SMILES string of the molecule is CCCOc1cc(C)c(C(=O)C[S+]2CCCC2)c(C)c1. The van der Waals surface area contributed by atoms with Crippen LogP contribution < -0.4 is 4.74 Å². The van der Waals surface area contributed by atoms with E-state index in [-0.39, 0.29) is 0 Å². The lowest BCUT2D eigenvalue weighted by molar-refractivity contribution is 0.102. The van der Waals surface area contributed by atoms with Crippen molar-refractivity contribution < 1.29 is 9.53 Å². The van der Waals surface area contributed by atoms with Crippen LogP contribution >= 0.6 is 0 Å². The molecule has 20 heavy (non-hydrogen) atoms. The summed E-state index contributed by atoms with van der Waals surface area (Å²) in [6.07, 6.45) is 3.61. The third-order valence-electron chi connectivity index (χ3n) is 3.71. The van der Waals surface area contributed by atoms with Crippen LogP contribution in [0.4, 0.5) is 0 Å². The molecule has 0 N–H and O–H groups in total. The topological polar surface area (TPSA) is 26.3 Å². The predicted molar refractivity (Wildman–Crippen MR) is 87.2 cm³/mol. The third kappa shape index (κ3) is 3.78. The molecular weight excluding hydrogens is 268 g/mol. The summed E-state index contributed by atoms with van der Waals surface area (Å²) in [5.41, 5.74) is 3.04. The van der Waals surface area contributed by atoms with Crippen molar-refractivity contribution in [2.45, 2.75) is 40.0 Å². The Morgan fingerprint density at radius 2 is 1.80 bits per heavy atom. The molecule has 0 spiro atoms. The lowest BCUT2D eigenvalue weighted by Gasteiger charge is -2.12. The maximum absolute atomic E-state index is 12.5. The van der Waals surface area contributed by atoms with Gasteiger partial charge in [0.15, 0.2) is 5.75 Å². The van der Waals surface area contributed by atoms with Gasteiger partial charge in [-0.25, -0.2) is 0 Å². The second-order valence-corrected chi connectivity index (χ2v) is 7.91. The average molecular weight is 293 g/mol. The Kier molecular flexibility index (Phi) is 5.53. The van der Waals surface area contributed by atoms with Crippen LogP contribution in [0.1, 0.15) is 47.7 Å². The lowest BCUT2D eigenvalue weighted by atomic mass is 9.99. The van der Waals surface area contributed by atoms with Crippen LogP contribution in [0.25, 0.3) is 0 Å². The van der Waals surface area contributed by atoms with Crippen molar-refractivity contribution in [3.05, 3.63) is 28.8 Å². The molecule has 0 aliphatic carbocycles. The summed E-state index contributed by atoms with van der Waals surface area (Å²) in [4.78, 5) is 12.5. The number of hydrogen-bond acceptors (Lipinski definition) is 2. The number of ketones is 1. The fourth-order valence-electron chi connectivity index (χ4n) is 2.78. The molecular formula is C17H25O2S+. The van der Waals surface area contributed by atoms with Crippen LogP contribution in [0.5, 0.6) is 5.75 Å². The molecule has 0 atom stereocenters. The number of benzene rings is 1. The third-order valence-corrected chi connectivity index (χ3v) is 6.11. The van der Waals surface area contributed by atoms with Gasteiger partial charge in [0.1, 0.15) is 17.3 Å². The Morgan fingerprint density at radius 1 is 1.20 bits per heavy atom. The molecule has 0 bridgehead atoms. The number of hydrogen-bond donors (Lipinski definition) is 0. The fourth-order valence-corrected chi connectivity index (χ4v) is 5.02. The second-order valence-electron chi connectivity index (χ2n) is 5.58. The molecule has 0 unspecified atom stereocenters. The molecule has 0 radical (unpaired) electrons. The van der Waals surface area contributed by atoms with Crippen molar-refractivity contribution in [2.24, 2.45) is 0 Å². The Morgan fingerprint density at radius 3 is 2.35 bits per heavy atom. The van der Waals surface area contributed by atoms with Gasteiger partial charge in [-0.2, -0.15) is 0 Å². The predicted octanol–water partition coefficient (Wildman–Crippen LogP) is 3.69. The summed E-state index contributed by atoms with van der Waals surface area (Å²) in [6, 6.07) is 4.02. The largest absolute Gasteiger partial charge is 0.494 e. The van der Waals surface area contributed by atoms with Crippen LogP contribution in [-0.4, -0.2) is 29.6 Å². The molecule has 2 rings (SSSR count). The number of carbonyl (C=O) groups is 1. The minimum absolute atomic E-state index is 0.326. The first-order valence-corrected chi connectivity index (χ1v) is 9.26. The van der Waals surface area contributed by atoms with Crippen LogP contribution in [-0.2, 0) is 10.9 Å². The molecule has 2 nitrogen and oxygen atoms in total. The molecule has 1 aliphatic rings. The molecule has 1 aromatic rings. The molecule has 1 saturated heterocycles. The van der Waals surface area contributed by atoms with E-state index in [1.165, 1.54) is 24.3 Å². The number of ether oxygens (including phenoxy) is 1. The zero-order valence-electron chi connectivity index (χ0n) is 12.8. The van der Waals surface area contributed by atoms with Gasteiger partial charge in [-0.3, -0.25) is 4.79 Å². The van der Waals surface area contributed by atoms with Gasteiger partial charge in [0, 0.05) is 5.56 Å². The minimum atomic E-state index is 0.326. The van der Waals surface area contributed by atoms with Crippen molar-refractivity contribution in [3.63, 3.8) is 0 Å². The van der Waals surface area contributed by atoms with E-state index in [9.17, 15) is 4.79 Å². The second kappa shape index (κ2) is 7.16. The summed E-state index contributed by atoms with van der Waals surface area (Å²) in [5.74, 6) is 4.47. The number of aryl methyl sites for hydroxylation is 2. The highest BCUT2D eigenvalue weighted by Gasteiger charge is 2.28. The van der Waals surface area contributed by atoms with Crippen LogP contribution in [0.2, 0.25) is 0 Å². The maximum atomic E-state index is 12.5. The first-order chi connectivity index (χ1) is 9.61. The van der Waals surface area contributed by atoms with Gasteiger partial charge in [-0.15, -0.1) is 0 Å². The van der Waals surface area contributed by atoms with Crippen molar-refractivity contribution >= 4 is 16.7 Å². The van der Waals surface area contributed by atoms with Gasteiger partial charge < -0.3 is 4.74 Å². The number of rotatable bonds is 6. The van der Waals surface area contributed by atoms with E-state index in [2.05, 4.69) is 6.92 Å². The van der Waals surface area contributed by atoms with E-state index >= 15 is 0 Å². The highest BCUT2D eigenvalue weighted by molar-refractivity contribution is 7.97. The van der Waals surface area contributed by atoms with Crippen LogP contribution in [0.15, 0.2) is 12.1 Å². The van der Waals surface area contributed by atoms with Gasteiger partial charge in [0.2, 0.25) is 5.78 Å². The Labute approximate surface area is 125 Å². The molecule has 1 heterocycles.